The van der Waals surface area contributed by atoms with E-state index in [-0.39, 0.29) is 17.8 Å². The van der Waals surface area contributed by atoms with Crippen LogP contribution in [0.25, 0.3) is 11.2 Å². The van der Waals surface area contributed by atoms with Crippen LogP contribution in [0.2, 0.25) is 5.02 Å². The van der Waals surface area contributed by atoms with E-state index in [1.165, 1.54) is 9.13 Å². The number of aromatic nitrogens is 4. The van der Waals surface area contributed by atoms with Crippen LogP contribution >= 0.6 is 11.6 Å². The molecule has 0 spiro atoms. The Bertz CT molecular complexity index is 1150. The SMILES string of the molecule is C=C(C)Cn1c(=O)c2c(nc3n2CCN3c2ccc(Cl)cc2)n(C)c1=O. The van der Waals surface area contributed by atoms with Gasteiger partial charge in [-0.3, -0.25) is 13.9 Å². The van der Waals surface area contributed by atoms with Gasteiger partial charge in [-0.1, -0.05) is 23.8 Å². The predicted molar refractivity (Wildman–Crippen MR) is 103 cm³/mol. The van der Waals surface area contributed by atoms with E-state index in [0.717, 1.165) is 11.3 Å². The number of allylic oxidation sites excluding steroid dienone is 1. The molecule has 134 valence electrons. The van der Waals surface area contributed by atoms with Gasteiger partial charge in [0.05, 0.1) is 6.54 Å². The van der Waals surface area contributed by atoms with Crippen molar-refractivity contribution < 1.29 is 0 Å². The molecule has 1 aliphatic heterocycles. The minimum atomic E-state index is -0.389. The van der Waals surface area contributed by atoms with E-state index in [1.54, 1.807) is 14.0 Å². The number of rotatable bonds is 3. The highest BCUT2D eigenvalue weighted by atomic mass is 35.5. The van der Waals surface area contributed by atoms with Gasteiger partial charge in [0.15, 0.2) is 11.2 Å². The van der Waals surface area contributed by atoms with Crippen molar-refractivity contribution in [3.05, 3.63) is 62.3 Å². The first-order valence-corrected chi connectivity index (χ1v) is 8.64. The summed E-state index contributed by atoms with van der Waals surface area (Å²) in [7, 11) is 1.63. The molecule has 0 bridgehead atoms. The van der Waals surface area contributed by atoms with Crippen molar-refractivity contribution in [2.24, 2.45) is 7.05 Å². The molecule has 4 rings (SSSR count). The largest absolute Gasteiger partial charge is 0.332 e. The third-order valence-electron chi connectivity index (χ3n) is 4.57. The lowest BCUT2D eigenvalue weighted by atomic mass is 10.3. The first-order valence-electron chi connectivity index (χ1n) is 8.26. The van der Waals surface area contributed by atoms with Crippen LogP contribution in [0.3, 0.4) is 0 Å². The summed E-state index contributed by atoms with van der Waals surface area (Å²) in [4.78, 5) is 32.1. The average molecular weight is 372 g/mol. The van der Waals surface area contributed by atoms with Crippen molar-refractivity contribution in [2.75, 3.05) is 11.4 Å². The zero-order valence-electron chi connectivity index (χ0n) is 14.6. The molecule has 0 N–H and O–H groups in total. The van der Waals surface area contributed by atoms with Crippen molar-refractivity contribution >= 4 is 34.4 Å². The molecule has 0 fully saturated rings. The van der Waals surface area contributed by atoms with E-state index in [1.807, 2.05) is 33.7 Å². The van der Waals surface area contributed by atoms with Crippen LogP contribution in [0, 0.1) is 0 Å². The van der Waals surface area contributed by atoms with Gasteiger partial charge in [-0.25, -0.2) is 4.79 Å². The Labute approximate surface area is 154 Å². The van der Waals surface area contributed by atoms with Crippen LogP contribution in [-0.2, 0) is 20.1 Å². The van der Waals surface area contributed by atoms with E-state index in [9.17, 15) is 9.59 Å². The Morgan fingerprint density at radius 3 is 2.58 bits per heavy atom. The fraction of sp³-hybridized carbons (Fsp3) is 0.278. The van der Waals surface area contributed by atoms with Crippen molar-refractivity contribution in [1.29, 1.82) is 0 Å². The van der Waals surface area contributed by atoms with E-state index < -0.39 is 0 Å². The second-order valence-electron chi connectivity index (χ2n) is 6.55. The quantitative estimate of drug-likeness (QED) is 0.662. The summed E-state index contributed by atoms with van der Waals surface area (Å²) in [5.41, 5.74) is 1.80. The monoisotopic (exact) mass is 371 g/mol. The molecule has 0 aliphatic carbocycles. The van der Waals surface area contributed by atoms with Crippen molar-refractivity contribution in [3.8, 4) is 0 Å². The number of benzene rings is 1. The second-order valence-corrected chi connectivity index (χ2v) is 6.99. The average Bonchev–Trinajstić information content (AvgIpc) is 3.16. The third-order valence-corrected chi connectivity index (χ3v) is 4.82. The van der Waals surface area contributed by atoms with Gasteiger partial charge in [-0.15, -0.1) is 0 Å². The molecule has 26 heavy (non-hydrogen) atoms. The summed E-state index contributed by atoms with van der Waals surface area (Å²) >= 11 is 5.97. The van der Waals surface area contributed by atoms with E-state index in [2.05, 4.69) is 11.6 Å². The highest BCUT2D eigenvalue weighted by molar-refractivity contribution is 6.30. The Hall–Kier alpha value is -2.80. The van der Waals surface area contributed by atoms with Crippen LogP contribution in [0.15, 0.2) is 46.0 Å². The molecule has 8 heteroatoms. The van der Waals surface area contributed by atoms with Gasteiger partial charge in [-0.05, 0) is 31.2 Å². The highest BCUT2D eigenvalue weighted by Gasteiger charge is 2.28. The van der Waals surface area contributed by atoms with Gasteiger partial charge in [0.2, 0.25) is 5.95 Å². The maximum Gasteiger partial charge on any atom is 0.332 e. The zero-order valence-corrected chi connectivity index (χ0v) is 15.3. The van der Waals surface area contributed by atoms with Crippen LogP contribution in [0.4, 0.5) is 11.6 Å². The first-order chi connectivity index (χ1) is 12.4. The molecular formula is C18H18ClN5O2. The summed E-state index contributed by atoms with van der Waals surface area (Å²) in [5.74, 6) is 0.655. The fourth-order valence-corrected chi connectivity index (χ4v) is 3.48. The van der Waals surface area contributed by atoms with Crippen molar-refractivity contribution in [1.82, 2.24) is 18.7 Å². The van der Waals surface area contributed by atoms with Crippen LogP contribution in [-0.4, -0.2) is 25.2 Å². The van der Waals surface area contributed by atoms with Gasteiger partial charge < -0.3 is 9.47 Å². The minimum absolute atomic E-state index is 0.197. The molecule has 1 aromatic carbocycles. The number of nitrogens with zero attached hydrogens (tertiary/aromatic N) is 5. The van der Waals surface area contributed by atoms with Crippen LogP contribution in [0.1, 0.15) is 6.92 Å². The molecule has 0 saturated carbocycles. The van der Waals surface area contributed by atoms with Gasteiger partial charge in [0.1, 0.15) is 0 Å². The topological polar surface area (TPSA) is 65.1 Å². The van der Waals surface area contributed by atoms with Gasteiger partial charge in [0, 0.05) is 30.8 Å². The maximum atomic E-state index is 13.0. The number of fused-ring (bicyclic) bond motifs is 3. The molecule has 0 amide bonds. The molecule has 0 saturated heterocycles. The summed E-state index contributed by atoms with van der Waals surface area (Å²) in [6, 6.07) is 7.46. The number of imidazole rings is 1. The maximum absolute atomic E-state index is 13.0. The molecule has 0 unspecified atom stereocenters. The Kier molecular flexibility index (Phi) is 3.77. The number of anilines is 2. The van der Waals surface area contributed by atoms with E-state index in [4.69, 9.17) is 11.6 Å². The van der Waals surface area contributed by atoms with E-state index >= 15 is 0 Å². The van der Waals surface area contributed by atoms with Crippen LogP contribution in [0.5, 0.6) is 0 Å². The Morgan fingerprint density at radius 1 is 1.23 bits per heavy atom. The van der Waals surface area contributed by atoms with Gasteiger partial charge >= 0.3 is 5.69 Å². The number of halogens is 1. The third kappa shape index (κ3) is 2.39. The molecule has 3 aromatic rings. The molecule has 7 nitrogen and oxygen atoms in total. The minimum Gasteiger partial charge on any atom is -0.310 e. The van der Waals surface area contributed by atoms with Gasteiger partial charge in [-0.2, -0.15) is 4.98 Å². The lowest BCUT2D eigenvalue weighted by Gasteiger charge is -2.15. The molecule has 3 heterocycles. The molecular weight excluding hydrogens is 354 g/mol. The first kappa shape index (κ1) is 16.7. The summed E-state index contributed by atoms with van der Waals surface area (Å²) in [6.07, 6.45) is 0. The highest BCUT2D eigenvalue weighted by Crippen LogP contribution is 2.32. The zero-order chi connectivity index (χ0) is 18.6. The molecule has 1 aliphatic rings. The fourth-order valence-electron chi connectivity index (χ4n) is 3.35. The number of aryl methyl sites for hydroxylation is 1. The standard InChI is InChI=1S/C18H18ClN5O2/c1-11(2)10-24-16(25)14-15(21(3)18(24)26)20-17-22(8-9-23(14)17)13-6-4-12(19)5-7-13/h4-7H,1,8-10H2,2-3H3. The lowest BCUT2D eigenvalue weighted by molar-refractivity contribution is 0.647. The van der Waals surface area contributed by atoms with E-state index in [0.29, 0.717) is 35.2 Å². The Balaban J connectivity index is 1.95. The van der Waals surface area contributed by atoms with Crippen LogP contribution < -0.4 is 16.1 Å². The molecule has 2 aromatic heterocycles. The van der Waals surface area contributed by atoms with Crippen molar-refractivity contribution in [3.63, 3.8) is 0 Å². The molecule has 0 atom stereocenters. The normalized spacial score (nSPS) is 13.4. The predicted octanol–water partition coefficient (Wildman–Crippen LogP) is 2.28. The molecule has 0 radical (unpaired) electrons. The summed E-state index contributed by atoms with van der Waals surface area (Å²) < 4.78 is 4.51. The lowest BCUT2D eigenvalue weighted by Crippen LogP contribution is -2.39. The van der Waals surface area contributed by atoms with Crippen molar-refractivity contribution in [2.45, 2.75) is 20.0 Å². The number of hydrogen-bond donors (Lipinski definition) is 0. The van der Waals surface area contributed by atoms with Gasteiger partial charge in [0.25, 0.3) is 5.56 Å². The smallest absolute Gasteiger partial charge is 0.310 e. The summed E-state index contributed by atoms with van der Waals surface area (Å²) in [6.45, 7) is 7.12. The summed E-state index contributed by atoms with van der Waals surface area (Å²) in [5, 5.41) is 0.659. The second kappa shape index (κ2) is 5.88. The Morgan fingerprint density at radius 2 is 1.92 bits per heavy atom. The number of hydrogen-bond acceptors (Lipinski definition) is 4.